The summed E-state index contributed by atoms with van der Waals surface area (Å²) < 4.78 is 0. The highest BCUT2D eigenvalue weighted by atomic mass is 16.1. The van der Waals surface area contributed by atoms with Gasteiger partial charge in [-0.2, -0.15) is 0 Å². The Kier molecular flexibility index (Phi) is 3.49. The van der Waals surface area contributed by atoms with Crippen molar-refractivity contribution in [3.05, 3.63) is 6.92 Å². The van der Waals surface area contributed by atoms with Gasteiger partial charge in [-0.05, 0) is 6.42 Å². The molecule has 0 saturated heterocycles. The average Bonchev–Trinajstić information content (AvgIpc) is 1.67. The van der Waals surface area contributed by atoms with E-state index in [0.29, 0.717) is 12.2 Å². The van der Waals surface area contributed by atoms with Crippen LogP contribution in [0.15, 0.2) is 0 Å². The molecule has 0 aliphatic heterocycles. The van der Waals surface area contributed by atoms with Crippen molar-refractivity contribution in [3.8, 4) is 0 Å². The van der Waals surface area contributed by atoms with E-state index in [1.165, 1.54) is 0 Å². The monoisotopic (exact) mass is 113 g/mol. The maximum Gasteiger partial charge on any atom is 0.135 e. The molecule has 1 radical (unpaired) electrons. The Hall–Kier alpha value is -0.330. The van der Waals surface area contributed by atoms with E-state index in [2.05, 4.69) is 6.92 Å². The third-order valence-electron chi connectivity index (χ3n) is 1.07. The molecular weight excluding hydrogens is 100 g/mol. The topological polar surface area (TPSA) is 17.1 Å². The van der Waals surface area contributed by atoms with Crippen molar-refractivity contribution in [2.45, 2.75) is 26.7 Å². The third-order valence-corrected chi connectivity index (χ3v) is 1.07. The molecule has 0 spiro atoms. The Morgan fingerprint density at radius 2 is 2.12 bits per heavy atom. The standard InChI is InChI=1S/C7H13O/c1-4-5-7(8)6(2)3/h6H,1,4-5H2,2-3H3. The zero-order valence-corrected chi connectivity index (χ0v) is 5.61. The first kappa shape index (κ1) is 7.67. The van der Waals surface area contributed by atoms with E-state index in [0.717, 1.165) is 6.42 Å². The van der Waals surface area contributed by atoms with E-state index >= 15 is 0 Å². The fourth-order valence-corrected chi connectivity index (χ4v) is 0.463. The highest BCUT2D eigenvalue weighted by molar-refractivity contribution is 5.80. The van der Waals surface area contributed by atoms with E-state index in [1.54, 1.807) is 0 Å². The van der Waals surface area contributed by atoms with Gasteiger partial charge in [-0.1, -0.05) is 20.8 Å². The first-order valence-electron chi connectivity index (χ1n) is 3.00. The number of carbonyl (C=O) groups excluding carboxylic acids is 1. The second kappa shape index (κ2) is 3.65. The van der Waals surface area contributed by atoms with Crippen molar-refractivity contribution >= 4 is 5.78 Å². The molecule has 0 heterocycles. The lowest BCUT2D eigenvalue weighted by atomic mass is 10.1. The molecule has 0 unspecified atom stereocenters. The van der Waals surface area contributed by atoms with Crippen molar-refractivity contribution in [2.24, 2.45) is 5.92 Å². The molecule has 0 fully saturated rings. The van der Waals surface area contributed by atoms with Crippen molar-refractivity contribution in [3.63, 3.8) is 0 Å². The predicted molar refractivity (Wildman–Crippen MR) is 34.4 cm³/mol. The van der Waals surface area contributed by atoms with Crippen LogP contribution in [0.3, 0.4) is 0 Å². The smallest absolute Gasteiger partial charge is 0.135 e. The van der Waals surface area contributed by atoms with Crippen LogP contribution in [0.25, 0.3) is 0 Å². The van der Waals surface area contributed by atoms with Crippen LogP contribution in [-0.4, -0.2) is 5.78 Å². The summed E-state index contributed by atoms with van der Waals surface area (Å²) in [5.41, 5.74) is 0. The first-order valence-corrected chi connectivity index (χ1v) is 3.00. The lowest BCUT2D eigenvalue weighted by Gasteiger charge is -1.98. The molecular formula is C7H13O. The molecule has 0 atom stereocenters. The van der Waals surface area contributed by atoms with Crippen LogP contribution < -0.4 is 0 Å². The van der Waals surface area contributed by atoms with Gasteiger partial charge in [0, 0.05) is 12.3 Å². The fourth-order valence-electron chi connectivity index (χ4n) is 0.463. The molecule has 0 aliphatic carbocycles. The van der Waals surface area contributed by atoms with Crippen LogP contribution in [0.5, 0.6) is 0 Å². The molecule has 0 aromatic heterocycles. The second-order valence-electron chi connectivity index (χ2n) is 2.22. The van der Waals surface area contributed by atoms with Gasteiger partial charge in [-0.3, -0.25) is 4.79 Å². The van der Waals surface area contributed by atoms with E-state index in [4.69, 9.17) is 0 Å². The normalized spacial score (nSPS) is 10.0. The Labute approximate surface area is 51.1 Å². The molecule has 8 heavy (non-hydrogen) atoms. The molecule has 47 valence electrons. The Morgan fingerprint density at radius 1 is 1.62 bits per heavy atom. The van der Waals surface area contributed by atoms with E-state index < -0.39 is 0 Å². The number of carbonyl (C=O) groups is 1. The van der Waals surface area contributed by atoms with Crippen molar-refractivity contribution < 1.29 is 4.79 Å². The summed E-state index contributed by atoms with van der Waals surface area (Å²) in [5.74, 6) is 0.511. The van der Waals surface area contributed by atoms with Gasteiger partial charge in [0.15, 0.2) is 0 Å². The van der Waals surface area contributed by atoms with Crippen LogP contribution in [0.2, 0.25) is 0 Å². The van der Waals surface area contributed by atoms with Crippen LogP contribution >= 0.6 is 0 Å². The summed E-state index contributed by atoms with van der Waals surface area (Å²) in [5, 5.41) is 0. The van der Waals surface area contributed by atoms with Crippen LogP contribution in [0, 0.1) is 12.8 Å². The molecule has 0 aromatic carbocycles. The zero-order chi connectivity index (χ0) is 6.57. The molecule has 0 aromatic rings. The number of rotatable bonds is 3. The minimum atomic E-state index is 0.191. The van der Waals surface area contributed by atoms with Crippen molar-refractivity contribution in [2.75, 3.05) is 0 Å². The Morgan fingerprint density at radius 3 is 2.25 bits per heavy atom. The van der Waals surface area contributed by atoms with Gasteiger partial charge in [0.05, 0.1) is 0 Å². The summed E-state index contributed by atoms with van der Waals surface area (Å²) in [6.07, 6.45) is 1.37. The van der Waals surface area contributed by atoms with Gasteiger partial charge in [-0.25, -0.2) is 0 Å². The van der Waals surface area contributed by atoms with Gasteiger partial charge in [0.1, 0.15) is 5.78 Å². The molecule has 1 heteroatoms. The van der Waals surface area contributed by atoms with Crippen LogP contribution in [0.4, 0.5) is 0 Å². The second-order valence-corrected chi connectivity index (χ2v) is 2.22. The molecule has 1 nitrogen and oxygen atoms in total. The zero-order valence-electron chi connectivity index (χ0n) is 5.61. The van der Waals surface area contributed by atoms with Gasteiger partial charge < -0.3 is 0 Å². The number of hydrogen-bond acceptors (Lipinski definition) is 1. The summed E-state index contributed by atoms with van der Waals surface area (Å²) in [4.78, 5) is 10.7. The molecule has 0 saturated carbocycles. The summed E-state index contributed by atoms with van der Waals surface area (Å²) in [7, 11) is 0. The lowest BCUT2D eigenvalue weighted by molar-refractivity contribution is -0.121. The number of hydrogen-bond donors (Lipinski definition) is 0. The van der Waals surface area contributed by atoms with Gasteiger partial charge in [0.25, 0.3) is 0 Å². The Balaban J connectivity index is 3.33. The third kappa shape index (κ3) is 2.78. The number of ketones is 1. The molecule has 0 N–H and O–H groups in total. The molecule has 0 rings (SSSR count). The minimum Gasteiger partial charge on any atom is -0.299 e. The fraction of sp³-hybridized carbons (Fsp3) is 0.714. The first-order chi connectivity index (χ1) is 3.68. The maximum atomic E-state index is 10.7. The predicted octanol–water partition coefficient (Wildman–Crippen LogP) is 1.83. The van der Waals surface area contributed by atoms with E-state index in [1.807, 2.05) is 13.8 Å². The highest BCUT2D eigenvalue weighted by Crippen LogP contribution is 1.99. The van der Waals surface area contributed by atoms with Crippen LogP contribution in [0.1, 0.15) is 26.7 Å². The SMILES string of the molecule is [CH2]CCC(=O)C(C)C. The summed E-state index contributed by atoms with van der Waals surface area (Å²) >= 11 is 0. The minimum absolute atomic E-state index is 0.191. The largest absolute Gasteiger partial charge is 0.299 e. The van der Waals surface area contributed by atoms with Gasteiger partial charge in [0.2, 0.25) is 0 Å². The lowest BCUT2D eigenvalue weighted by Crippen LogP contribution is -2.05. The maximum absolute atomic E-state index is 10.7. The molecule has 0 aliphatic rings. The summed E-state index contributed by atoms with van der Waals surface area (Å²) in [6, 6.07) is 0. The van der Waals surface area contributed by atoms with Crippen LogP contribution in [-0.2, 0) is 4.79 Å². The molecule has 0 amide bonds. The van der Waals surface area contributed by atoms with Gasteiger partial charge >= 0.3 is 0 Å². The molecule has 0 bridgehead atoms. The average molecular weight is 113 g/mol. The van der Waals surface area contributed by atoms with E-state index in [9.17, 15) is 4.79 Å². The Bertz CT molecular complexity index is 74.5. The quantitative estimate of drug-likeness (QED) is 0.545. The van der Waals surface area contributed by atoms with Crippen molar-refractivity contribution in [1.82, 2.24) is 0 Å². The van der Waals surface area contributed by atoms with E-state index in [-0.39, 0.29) is 5.92 Å². The van der Waals surface area contributed by atoms with Crippen molar-refractivity contribution in [1.29, 1.82) is 0 Å². The summed E-state index contributed by atoms with van der Waals surface area (Å²) in [6.45, 7) is 7.42. The highest BCUT2D eigenvalue weighted by Gasteiger charge is 2.03. The van der Waals surface area contributed by atoms with Gasteiger partial charge in [-0.15, -0.1) is 0 Å². The number of Topliss-reactive ketones (excluding diaryl/α,β-unsaturated/α-hetero) is 1.